The maximum Gasteiger partial charge on any atom is 0.286 e. The number of rotatable bonds is 7. The number of carbonyl (C=O) groups excluding carboxylic acids is 3. The molecule has 0 bridgehead atoms. The van der Waals surface area contributed by atoms with Crippen molar-refractivity contribution in [2.45, 2.75) is 12.5 Å². The van der Waals surface area contributed by atoms with Crippen LogP contribution in [-0.2, 0) is 14.5 Å². The zero-order valence-corrected chi connectivity index (χ0v) is 11.5. The predicted octanol–water partition coefficient (Wildman–Crippen LogP) is -0.785. The summed E-state index contributed by atoms with van der Waals surface area (Å²) >= 11 is 0. The third-order valence-corrected chi connectivity index (χ3v) is 3.02. The number of fused-ring (bicyclic) bond motifs is 1. The van der Waals surface area contributed by atoms with Crippen LogP contribution in [0, 0.1) is 0 Å². The van der Waals surface area contributed by atoms with Gasteiger partial charge in [-0.2, -0.15) is 10.0 Å². The summed E-state index contributed by atoms with van der Waals surface area (Å²) in [7, 11) is 0. The number of aldehydes is 1. The fourth-order valence-electron chi connectivity index (χ4n) is 2.03. The summed E-state index contributed by atoms with van der Waals surface area (Å²) in [6, 6.07) is 3.55. The molecule has 2 rings (SSSR count). The Bertz CT molecular complexity index is 591. The highest BCUT2D eigenvalue weighted by molar-refractivity contribution is 6.04. The molecule has 2 amide bonds. The monoisotopic (exact) mass is 309 g/mol. The van der Waals surface area contributed by atoms with E-state index in [4.69, 9.17) is 20.5 Å². The number of hydroxylamine groups is 2. The molecule has 0 aromatic heterocycles. The van der Waals surface area contributed by atoms with E-state index in [-0.39, 0.29) is 30.9 Å². The van der Waals surface area contributed by atoms with Crippen LogP contribution in [0.4, 0.5) is 5.69 Å². The highest BCUT2D eigenvalue weighted by atomic mass is 16.8. The van der Waals surface area contributed by atoms with Gasteiger partial charge >= 0.3 is 0 Å². The van der Waals surface area contributed by atoms with Crippen LogP contribution in [0.2, 0.25) is 0 Å². The van der Waals surface area contributed by atoms with Gasteiger partial charge in [-0.15, -0.1) is 0 Å². The summed E-state index contributed by atoms with van der Waals surface area (Å²) in [5.74, 6) is -1.31. The van der Waals surface area contributed by atoms with Gasteiger partial charge in [0.15, 0.2) is 6.29 Å². The Kier molecular flexibility index (Phi) is 4.92. The number of carbonyl (C=O) groups is 3. The molecule has 1 heterocycles. The first-order valence-electron chi connectivity index (χ1n) is 6.46. The minimum Gasteiger partial charge on any atom is -0.485 e. The summed E-state index contributed by atoms with van der Waals surface area (Å²) in [6.45, 7) is -0.572. The van der Waals surface area contributed by atoms with Crippen LogP contribution in [0.3, 0.4) is 0 Å². The SMILES string of the molecule is NC(=O)C(CCO)N1ONc2cccc(OCC=O)c2C1=O. The van der Waals surface area contributed by atoms with E-state index in [9.17, 15) is 14.4 Å². The summed E-state index contributed by atoms with van der Waals surface area (Å²) in [5, 5.41) is 9.73. The lowest BCUT2D eigenvalue weighted by molar-refractivity contribution is -0.153. The normalized spacial score (nSPS) is 14.8. The van der Waals surface area contributed by atoms with Gasteiger partial charge in [0.05, 0.1) is 5.69 Å². The Labute approximate surface area is 125 Å². The van der Waals surface area contributed by atoms with Gasteiger partial charge < -0.3 is 15.6 Å². The van der Waals surface area contributed by atoms with Crippen LogP contribution in [0.25, 0.3) is 0 Å². The summed E-state index contributed by atoms with van der Waals surface area (Å²) < 4.78 is 5.20. The number of amides is 2. The van der Waals surface area contributed by atoms with E-state index in [2.05, 4.69) is 5.48 Å². The molecule has 0 fully saturated rings. The van der Waals surface area contributed by atoms with E-state index in [1.54, 1.807) is 12.1 Å². The average molecular weight is 309 g/mol. The standard InChI is InChI=1S/C13H15N3O6/c14-12(19)9(4-5-17)16-13(20)11-8(15-22-16)2-1-3-10(11)21-7-6-18/h1-3,6,9,15,17H,4-5,7H2,(H2,14,19). The molecule has 0 saturated carbocycles. The van der Waals surface area contributed by atoms with Crippen LogP contribution < -0.4 is 16.0 Å². The number of ether oxygens (including phenoxy) is 1. The fourth-order valence-corrected chi connectivity index (χ4v) is 2.03. The number of aliphatic hydroxyl groups excluding tert-OH is 1. The van der Waals surface area contributed by atoms with Gasteiger partial charge in [0, 0.05) is 13.0 Å². The van der Waals surface area contributed by atoms with Crippen molar-refractivity contribution in [2.75, 3.05) is 18.7 Å². The number of benzene rings is 1. The number of aliphatic hydroxyl groups is 1. The minimum absolute atomic E-state index is 0.0740. The maximum atomic E-state index is 12.5. The molecule has 1 aliphatic rings. The van der Waals surface area contributed by atoms with Crippen molar-refractivity contribution < 1.29 is 29.2 Å². The summed E-state index contributed by atoms with van der Waals surface area (Å²) in [6.07, 6.45) is 0.474. The smallest absolute Gasteiger partial charge is 0.286 e. The molecule has 0 saturated heterocycles. The van der Waals surface area contributed by atoms with Gasteiger partial charge in [-0.1, -0.05) is 6.07 Å². The highest BCUT2D eigenvalue weighted by Crippen LogP contribution is 2.32. The molecular weight excluding hydrogens is 294 g/mol. The molecule has 0 aliphatic carbocycles. The first-order chi connectivity index (χ1) is 10.6. The topological polar surface area (TPSA) is 131 Å². The van der Waals surface area contributed by atoms with Gasteiger partial charge in [0.2, 0.25) is 5.91 Å². The lowest BCUT2D eigenvalue weighted by Crippen LogP contribution is -2.51. The second-order valence-electron chi connectivity index (χ2n) is 4.41. The van der Waals surface area contributed by atoms with Crippen molar-refractivity contribution in [3.8, 4) is 5.75 Å². The van der Waals surface area contributed by atoms with Gasteiger partial charge in [0.1, 0.15) is 24.0 Å². The lowest BCUT2D eigenvalue weighted by atomic mass is 10.1. The van der Waals surface area contributed by atoms with E-state index >= 15 is 0 Å². The van der Waals surface area contributed by atoms with E-state index in [0.717, 1.165) is 5.06 Å². The minimum atomic E-state index is -1.14. The maximum absolute atomic E-state index is 12.5. The summed E-state index contributed by atoms with van der Waals surface area (Å²) in [4.78, 5) is 39.4. The second kappa shape index (κ2) is 6.87. The molecule has 4 N–H and O–H groups in total. The molecule has 1 unspecified atom stereocenters. The Morgan fingerprint density at radius 1 is 1.55 bits per heavy atom. The average Bonchev–Trinajstić information content (AvgIpc) is 2.51. The quantitative estimate of drug-likeness (QED) is 0.563. The van der Waals surface area contributed by atoms with Crippen LogP contribution in [0.5, 0.6) is 5.75 Å². The van der Waals surface area contributed by atoms with Crippen LogP contribution in [0.1, 0.15) is 16.8 Å². The van der Waals surface area contributed by atoms with E-state index in [0.29, 0.717) is 12.0 Å². The van der Waals surface area contributed by atoms with Crippen molar-refractivity contribution in [2.24, 2.45) is 5.73 Å². The Hall–Kier alpha value is -2.65. The predicted molar refractivity (Wildman–Crippen MR) is 73.6 cm³/mol. The first-order valence-corrected chi connectivity index (χ1v) is 6.46. The third kappa shape index (κ3) is 3.00. The fraction of sp³-hybridized carbons (Fsp3) is 0.308. The molecule has 1 aromatic rings. The van der Waals surface area contributed by atoms with Crippen molar-refractivity contribution in [1.82, 2.24) is 5.06 Å². The molecule has 0 radical (unpaired) electrons. The van der Waals surface area contributed by atoms with Gasteiger partial charge in [-0.05, 0) is 12.1 Å². The van der Waals surface area contributed by atoms with Gasteiger partial charge in [-0.25, -0.2) is 5.48 Å². The van der Waals surface area contributed by atoms with E-state index < -0.39 is 17.9 Å². The van der Waals surface area contributed by atoms with Crippen LogP contribution >= 0.6 is 0 Å². The second-order valence-corrected chi connectivity index (χ2v) is 4.41. The number of anilines is 1. The number of primary amides is 1. The third-order valence-electron chi connectivity index (χ3n) is 3.02. The zero-order valence-electron chi connectivity index (χ0n) is 11.5. The lowest BCUT2D eigenvalue weighted by Gasteiger charge is -2.32. The highest BCUT2D eigenvalue weighted by Gasteiger charge is 2.36. The van der Waals surface area contributed by atoms with E-state index in [1.807, 2.05) is 0 Å². The number of hydrogen-bond donors (Lipinski definition) is 3. The molecule has 118 valence electrons. The largest absolute Gasteiger partial charge is 0.485 e. The molecule has 22 heavy (non-hydrogen) atoms. The van der Waals surface area contributed by atoms with Crippen LogP contribution in [0.15, 0.2) is 18.2 Å². The Morgan fingerprint density at radius 2 is 2.32 bits per heavy atom. The number of nitrogens with zero attached hydrogens (tertiary/aromatic N) is 1. The first kappa shape index (κ1) is 15.7. The Balaban J connectivity index is 2.35. The summed E-state index contributed by atoms with van der Waals surface area (Å²) in [5.41, 5.74) is 8.17. The van der Waals surface area contributed by atoms with Crippen molar-refractivity contribution in [1.29, 1.82) is 0 Å². The number of nitrogens with two attached hydrogens (primary N) is 1. The molecule has 9 nitrogen and oxygen atoms in total. The molecule has 1 aromatic carbocycles. The molecule has 1 atom stereocenters. The Morgan fingerprint density at radius 3 is 2.95 bits per heavy atom. The molecule has 9 heteroatoms. The number of nitrogens with one attached hydrogen (secondary N) is 1. The van der Waals surface area contributed by atoms with Crippen molar-refractivity contribution in [3.63, 3.8) is 0 Å². The van der Waals surface area contributed by atoms with Crippen molar-refractivity contribution >= 4 is 23.8 Å². The molecular formula is C13H15N3O6. The molecule has 0 spiro atoms. The van der Waals surface area contributed by atoms with Crippen LogP contribution in [-0.4, -0.2) is 47.5 Å². The van der Waals surface area contributed by atoms with Gasteiger partial charge in [0.25, 0.3) is 5.91 Å². The van der Waals surface area contributed by atoms with E-state index in [1.165, 1.54) is 6.07 Å². The molecule has 1 aliphatic heterocycles. The van der Waals surface area contributed by atoms with Gasteiger partial charge in [-0.3, -0.25) is 14.4 Å². The zero-order chi connectivity index (χ0) is 16.1. The van der Waals surface area contributed by atoms with Crippen molar-refractivity contribution in [3.05, 3.63) is 23.8 Å². The number of hydrogen-bond acceptors (Lipinski definition) is 7.